The highest BCUT2D eigenvalue weighted by molar-refractivity contribution is 7.91. The van der Waals surface area contributed by atoms with Gasteiger partial charge in [0.2, 0.25) is 5.28 Å². The second kappa shape index (κ2) is 2.95. The van der Waals surface area contributed by atoms with Crippen LogP contribution in [0.25, 0.3) is 0 Å². The molecule has 1 atom stereocenters. The van der Waals surface area contributed by atoms with Gasteiger partial charge in [-0.05, 0) is 18.0 Å². The second-order valence-corrected chi connectivity index (χ2v) is 5.63. The van der Waals surface area contributed by atoms with E-state index in [4.69, 9.17) is 11.6 Å². The summed E-state index contributed by atoms with van der Waals surface area (Å²) in [4.78, 5) is 0. The van der Waals surface area contributed by atoms with Crippen LogP contribution in [0.2, 0.25) is 5.28 Å². The van der Waals surface area contributed by atoms with E-state index in [1.807, 2.05) is 0 Å². The highest BCUT2D eigenvalue weighted by atomic mass is 35.5. The summed E-state index contributed by atoms with van der Waals surface area (Å²) in [7, 11) is -2.87. The van der Waals surface area contributed by atoms with Crippen molar-refractivity contribution in [1.82, 2.24) is 14.8 Å². The molecule has 1 saturated heterocycles. The van der Waals surface area contributed by atoms with Gasteiger partial charge in [-0.1, -0.05) is 0 Å². The Morgan fingerprint density at radius 2 is 2.38 bits per heavy atom. The molecular weight excluding hydrogens is 214 g/mol. The lowest BCUT2D eigenvalue weighted by molar-refractivity contribution is 0.554. The molecule has 1 unspecified atom stereocenters. The molecule has 5 nitrogen and oxygen atoms in total. The van der Waals surface area contributed by atoms with E-state index in [1.165, 1.54) is 6.33 Å². The van der Waals surface area contributed by atoms with Crippen molar-refractivity contribution in [3.8, 4) is 0 Å². The first-order valence-corrected chi connectivity index (χ1v) is 6.04. The Hall–Kier alpha value is -0.620. The van der Waals surface area contributed by atoms with E-state index >= 15 is 0 Å². The molecule has 1 fully saturated rings. The minimum absolute atomic E-state index is 0.0903. The Labute approximate surface area is 80.6 Å². The first-order chi connectivity index (χ1) is 6.08. The summed E-state index contributed by atoms with van der Waals surface area (Å²) in [5.41, 5.74) is 0. The summed E-state index contributed by atoms with van der Waals surface area (Å²) in [6, 6.07) is -0.0903. The molecule has 0 amide bonds. The average molecular weight is 222 g/mol. The van der Waals surface area contributed by atoms with E-state index in [-0.39, 0.29) is 22.8 Å². The van der Waals surface area contributed by atoms with Gasteiger partial charge < -0.3 is 4.57 Å². The summed E-state index contributed by atoms with van der Waals surface area (Å²) in [5.74, 6) is 0.372. The van der Waals surface area contributed by atoms with Crippen LogP contribution in [0, 0.1) is 0 Å². The van der Waals surface area contributed by atoms with Gasteiger partial charge in [0.1, 0.15) is 6.33 Å². The molecule has 1 aromatic rings. The van der Waals surface area contributed by atoms with Crippen molar-refractivity contribution in [1.29, 1.82) is 0 Å². The maximum Gasteiger partial charge on any atom is 0.225 e. The predicted molar refractivity (Wildman–Crippen MR) is 47.3 cm³/mol. The van der Waals surface area contributed by atoms with Gasteiger partial charge in [-0.25, -0.2) is 8.42 Å². The molecule has 7 heteroatoms. The van der Waals surface area contributed by atoms with Crippen molar-refractivity contribution in [2.45, 2.75) is 12.5 Å². The van der Waals surface area contributed by atoms with Crippen LogP contribution in [0.4, 0.5) is 0 Å². The molecule has 0 aromatic carbocycles. The molecule has 0 radical (unpaired) electrons. The Morgan fingerprint density at radius 3 is 2.85 bits per heavy atom. The molecule has 1 aliphatic rings. The third kappa shape index (κ3) is 1.68. The monoisotopic (exact) mass is 221 g/mol. The Balaban J connectivity index is 2.26. The zero-order valence-corrected chi connectivity index (χ0v) is 8.29. The number of sulfone groups is 1. The summed E-state index contributed by atoms with van der Waals surface area (Å²) < 4.78 is 23.9. The largest absolute Gasteiger partial charge is 0.300 e. The van der Waals surface area contributed by atoms with Gasteiger partial charge in [-0.15, -0.1) is 10.2 Å². The fourth-order valence-electron chi connectivity index (χ4n) is 1.47. The molecule has 1 aliphatic heterocycles. The van der Waals surface area contributed by atoms with Crippen LogP contribution in [-0.4, -0.2) is 34.7 Å². The van der Waals surface area contributed by atoms with Crippen molar-refractivity contribution >= 4 is 21.4 Å². The summed E-state index contributed by atoms with van der Waals surface area (Å²) in [5, 5.41) is 7.44. The molecule has 72 valence electrons. The standard InChI is InChI=1S/C6H8ClN3O2S/c7-6-9-8-4-10(6)5-1-2-13(11,12)3-5/h4-5H,1-3H2. The predicted octanol–water partition coefficient (Wildman–Crippen LogP) is 0.291. The molecule has 0 spiro atoms. The van der Waals surface area contributed by atoms with Crippen LogP contribution in [0.15, 0.2) is 6.33 Å². The van der Waals surface area contributed by atoms with Crippen molar-refractivity contribution < 1.29 is 8.42 Å². The zero-order valence-electron chi connectivity index (χ0n) is 6.72. The smallest absolute Gasteiger partial charge is 0.225 e. The van der Waals surface area contributed by atoms with Crippen molar-refractivity contribution in [2.75, 3.05) is 11.5 Å². The van der Waals surface area contributed by atoms with E-state index in [0.717, 1.165) is 0 Å². The van der Waals surface area contributed by atoms with Crippen LogP contribution < -0.4 is 0 Å². The minimum atomic E-state index is -2.87. The summed E-state index contributed by atoms with van der Waals surface area (Å²) in [6.07, 6.45) is 2.06. The summed E-state index contributed by atoms with van der Waals surface area (Å²) >= 11 is 5.71. The summed E-state index contributed by atoms with van der Waals surface area (Å²) in [6.45, 7) is 0. The number of halogens is 1. The van der Waals surface area contributed by atoms with Crippen LogP contribution in [0.1, 0.15) is 12.5 Å². The maximum atomic E-state index is 11.2. The zero-order chi connectivity index (χ0) is 9.47. The lowest BCUT2D eigenvalue weighted by Crippen LogP contribution is -2.10. The molecule has 0 bridgehead atoms. The third-order valence-corrected chi connectivity index (χ3v) is 4.15. The minimum Gasteiger partial charge on any atom is -0.300 e. The lowest BCUT2D eigenvalue weighted by atomic mass is 10.3. The Kier molecular flexibility index (Phi) is 2.03. The van der Waals surface area contributed by atoms with Crippen molar-refractivity contribution in [3.63, 3.8) is 0 Å². The molecule has 0 aliphatic carbocycles. The lowest BCUT2D eigenvalue weighted by Gasteiger charge is -2.08. The topological polar surface area (TPSA) is 64.8 Å². The first kappa shape index (κ1) is 8.96. The fraction of sp³-hybridized carbons (Fsp3) is 0.667. The molecule has 13 heavy (non-hydrogen) atoms. The van der Waals surface area contributed by atoms with Crippen LogP contribution in [0.5, 0.6) is 0 Å². The van der Waals surface area contributed by atoms with E-state index in [1.54, 1.807) is 4.57 Å². The van der Waals surface area contributed by atoms with Gasteiger partial charge in [0, 0.05) is 0 Å². The van der Waals surface area contributed by atoms with Crippen molar-refractivity contribution in [3.05, 3.63) is 11.6 Å². The Morgan fingerprint density at radius 1 is 1.62 bits per heavy atom. The van der Waals surface area contributed by atoms with Gasteiger partial charge in [0.05, 0.1) is 17.5 Å². The molecule has 1 aromatic heterocycles. The van der Waals surface area contributed by atoms with Crippen molar-refractivity contribution in [2.24, 2.45) is 0 Å². The third-order valence-electron chi connectivity index (χ3n) is 2.13. The number of hydrogen-bond acceptors (Lipinski definition) is 4. The average Bonchev–Trinajstić information content (AvgIpc) is 2.56. The van der Waals surface area contributed by atoms with Crippen LogP contribution in [-0.2, 0) is 9.84 Å². The van der Waals surface area contributed by atoms with E-state index in [2.05, 4.69) is 10.2 Å². The maximum absolute atomic E-state index is 11.2. The Bertz CT molecular complexity index is 413. The van der Waals surface area contributed by atoms with E-state index < -0.39 is 9.84 Å². The molecule has 0 N–H and O–H groups in total. The molecule has 2 heterocycles. The fourth-order valence-corrected chi connectivity index (χ4v) is 3.40. The molecule has 0 saturated carbocycles. The van der Waals surface area contributed by atoms with E-state index in [9.17, 15) is 8.42 Å². The number of aromatic nitrogens is 3. The first-order valence-electron chi connectivity index (χ1n) is 3.84. The number of rotatable bonds is 1. The highest BCUT2D eigenvalue weighted by Crippen LogP contribution is 2.25. The normalized spacial score (nSPS) is 26.4. The van der Waals surface area contributed by atoms with E-state index in [0.29, 0.717) is 6.42 Å². The SMILES string of the molecule is O=S1(=O)CCC(n2cnnc2Cl)C1. The van der Waals surface area contributed by atoms with Gasteiger partial charge in [-0.3, -0.25) is 0 Å². The molecule has 2 rings (SSSR count). The van der Waals surface area contributed by atoms with Gasteiger partial charge in [-0.2, -0.15) is 0 Å². The van der Waals surface area contributed by atoms with Gasteiger partial charge in [0.25, 0.3) is 0 Å². The number of hydrogen-bond donors (Lipinski definition) is 0. The van der Waals surface area contributed by atoms with Gasteiger partial charge >= 0.3 is 0 Å². The van der Waals surface area contributed by atoms with Crippen LogP contribution >= 0.6 is 11.6 Å². The van der Waals surface area contributed by atoms with Crippen LogP contribution in [0.3, 0.4) is 0 Å². The highest BCUT2D eigenvalue weighted by Gasteiger charge is 2.30. The second-order valence-electron chi connectivity index (χ2n) is 3.06. The number of nitrogens with zero attached hydrogens (tertiary/aromatic N) is 3. The van der Waals surface area contributed by atoms with Gasteiger partial charge in [0.15, 0.2) is 9.84 Å². The molecular formula is C6H8ClN3O2S. The quantitative estimate of drug-likeness (QED) is 0.684.